The van der Waals surface area contributed by atoms with E-state index >= 15 is 0 Å². The van der Waals surface area contributed by atoms with Gasteiger partial charge in [-0.15, -0.1) is 0 Å². The molecule has 2 atom stereocenters. The van der Waals surface area contributed by atoms with Crippen LogP contribution in [-0.2, 0) is 5.41 Å². The van der Waals surface area contributed by atoms with E-state index in [0.29, 0.717) is 11.3 Å². The van der Waals surface area contributed by atoms with Crippen molar-refractivity contribution in [2.75, 3.05) is 6.54 Å². The second kappa shape index (κ2) is 2.60. The lowest BCUT2D eigenvalue weighted by atomic mass is 9.96. The van der Waals surface area contributed by atoms with E-state index in [1.165, 1.54) is 12.0 Å². The Kier molecular flexibility index (Phi) is 1.69. The molecule has 1 aromatic carbocycles. The highest BCUT2D eigenvalue weighted by Crippen LogP contribution is 2.53. The molecular weight excluding hydrogens is 146 g/mol. The quantitative estimate of drug-likeness (QED) is 0.704. The molecule has 64 valence electrons. The van der Waals surface area contributed by atoms with Gasteiger partial charge in [0.15, 0.2) is 0 Å². The molecule has 0 amide bonds. The van der Waals surface area contributed by atoms with E-state index in [4.69, 9.17) is 5.73 Å². The van der Waals surface area contributed by atoms with Gasteiger partial charge in [-0.3, -0.25) is 0 Å². The van der Waals surface area contributed by atoms with Crippen molar-refractivity contribution in [2.45, 2.75) is 18.8 Å². The van der Waals surface area contributed by atoms with Crippen molar-refractivity contribution in [3.05, 3.63) is 35.9 Å². The molecule has 0 heterocycles. The highest BCUT2D eigenvalue weighted by atomic mass is 14.7. The Bertz CT molecular complexity index is 268. The molecule has 0 aromatic heterocycles. The average Bonchev–Trinajstić information content (AvgIpc) is 2.81. The minimum absolute atomic E-state index is 0.385. The van der Waals surface area contributed by atoms with Crippen LogP contribution in [0.4, 0.5) is 0 Å². The summed E-state index contributed by atoms with van der Waals surface area (Å²) in [4.78, 5) is 0. The first-order valence-corrected chi connectivity index (χ1v) is 4.53. The molecule has 0 spiro atoms. The molecule has 2 N–H and O–H groups in total. The smallest absolute Gasteiger partial charge is 0.00313 e. The summed E-state index contributed by atoms with van der Waals surface area (Å²) in [5.41, 5.74) is 7.48. The minimum atomic E-state index is 0.385. The van der Waals surface area contributed by atoms with Gasteiger partial charge < -0.3 is 5.73 Å². The van der Waals surface area contributed by atoms with E-state index in [1.54, 1.807) is 0 Å². The number of benzene rings is 1. The summed E-state index contributed by atoms with van der Waals surface area (Å²) in [7, 11) is 0. The Hall–Kier alpha value is -0.820. The lowest BCUT2D eigenvalue weighted by Gasteiger charge is -2.10. The molecule has 0 saturated heterocycles. The summed E-state index contributed by atoms with van der Waals surface area (Å²) in [6, 6.07) is 10.7. The summed E-state index contributed by atoms with van der Waals surface area (Å²) in [5, 5.41) is 0. The van der Waals surface area contributed by atoms with Gasteiger partial charge in [0.2, 0.25) is 0 Å². The SMILES string of the molecule is C[C@]1(c2ccccc2)C[C@@H]1CN. The van der Waals surface area contributed by atoms with Gasteiger partial charge in [0.05, 0.1) is 0 Å². The Morgan fingerprint density at radius 2 is 2.08 bits per heavy atom. The highest BCUT2D eigenvalue weighted by Gasteiger charge is 2.49. The van der Waals surface area contributed by atoms with Gasteiger partial charge in [-0.05, 0) is 29.9 Å². The van der Waals surface area contributed by atoms with Gasteiger partial charge in [0, 0.05) is 0 Å². The van der Waals surface area contributed by atoms with Crippen molar-refractivity contribution in [3.63, 3.8) is 0 Å². The number of hydrogen-bond donors (Lipinski definition) is 1. The first kappa shape index (κ1) is 7.81. The lowest BCUT2D eigenvalue weighted by molar-refractivity contribution is 0.666. The van der Waals surface area contributed by atoms with Crippen LogP contribution in [0.5, 0.6) is 0 Å². The first-order valence-electron chi connectivity index (χ1n) is 4.53. The van der Waals surface area contributed by atoms with Gasteiger partial charge in [-0.25, -0.2) is 0 Å². The van der Waals surface area contributed by atoms with Crippen LogP contribution in [-0.4, -0.2) is 6.54 Å². The molecule has 0 radical (unpaired) electrons. The summed E-state index contributed by atoms with van der Waals surface area (Å²) in [6.07, 6.45) is 1.26. The van der Waals surface area contributed by atoms with E-state index in [2.05, 4.69) is 37.3 Å². The molecule has 1 nitrogen and oxygen atoms in total. The standard InChI is InChI=1S/C11H15N/c1-11(7-10(11)8-12)9-5-3-2-4-6-9/h2-6,10H,7-8,12H2,1H3/t10-,11-/m1/s1. The zero-order chi connectivity index (χ0) is 8.60. The van der Waals surface area contributed by atoms with Crippen molar-refractivity contribution in [1.29, 1.82) is 0 Å². The molecule has 12 heavy (non-hydrogen) atoms. The van der Waals surface area contributed by atoms with Gasteiger partial charge in [0.25, 0.3) is 0 Å². The van der Waals surface area contributed by atoms with Gasteiger partial charge in [-0.1, -0.05) is 37.3 Å². The summed E-state index contributed by atoms with van der Waals surface area (Å²) >= 11 is 0. The number of nitrogens with two attached hydrogens (primary N) is 1. The summed E-state index contributed by atoms with van der Waals surface area (Å²) < 4.78 is 0. The lowest BCUT2D eigenvalue weighted by Crippen LogP contribution is -2.11. The molecule has 1 aromatic rings. The normalized spacial score (nSPS) is 33.3. The fraction of sp³-hybridized carbons (Fsp3) is 0.455. The van der Waals surface area contributed by atoms with Crippen LogP contribution >= 0.6 is 0 Å². The topological polar surface area (TPSA) is 26.0 Å². The Balaban J connectivity index is 2.23. The maximum absolute atomic E-state index is 5.65. The molecule has 0 aliphatic heterocycles. The third-order valence-corrected chi connectivity index (χ3v) is 3.13. The molecule has 0 bridgehead atoms. The Morgan fingerprint density at radius 3 is 2.58 bits per heavy atom. The third-order valence-electron chi connectivity index (χ3n) is 3.13. The molecule has 2 rings (SSSR count). The largest absolute Gasteiger partial charge is 0.330 e. The molecule has 1 aliphatic rings. The van der Waals surface area contributed by atoms with Gasteiger partial charge in [-0.2, -0.15) is 0 Å². The fourth-order valence-corrected chi connectivity index (χ4v) is 1.97. The minimum Gasteiger partial charge on any atom is -0.330 e. The van der Waals surface area contributed by atoms with Crippen molar-refractivity contribution >= 4 is 0 Å². The van der Waals surface area contributed by atoms with Crippen LogP contribution in [0.15, 0.2) is 30.3 Å². The second-order valence-electron chi connectivity index (χ2n) is 3.92. The van der Waals surface area contributed by atoms with Crippen LogP contribution in [0, 0.1) is 5.92 Å². The predicted octanol–water partition coefficient (Wildman–Crippen LogP) is 1.92. The highest BCUT2D eigenvalue weighted by molar-refractivity contribution is 5.32. The molecular formula is C11H15N. The van der Waals surface area contributed by atoms with Gasteiger partial charge >= 0.3 is 0 Å². The maximum atomic E-state index is 5.65. The molecule has 0 unspecified atom stereocenters. The third kappa shape index (κ3) is 1.05. The summed E-state index contributed by atoms with van der Waals surface area (Å²) in [5.74, 6) is 0.708. The van der Waals surface area contributed by atoms with Crippen LogP contribution in [0.25, 0.3) is 0 Å². The monoisotopic (exact) mass is 161 g/mol. The zero-order valence-electron chi connectivity index (χ0n) is 7.46. The van der Waals surface area contributed by atoms with Crippen molar-refractivity contribution in [3.8, 4) is 0 Å². The predicted molar refractivity (Wildman–Crippen MR) is 51.0 cm³/mol. The van der Waals surface area contributed by atoms with Crippen LogP contribution in [0.1, 0.15) is 18.9 Å². The van der Waals surface area contributed by atoms with Crippen LogP contribution in [0.2, 0.25) is 0 Å². The molecule has 1 fully saturated rings. The fourth-order valence-electron chi connectivity index (χ4n) is 1.97. The summed E-state index contributed by atoms with van der Waals surface area (Å²) in [6.45, 7) is 3.13. The maximum Gasteiger partial charge on any atom is -0.00313 e. The molecule has 1 heteroatoms. The van der Waals surface area contributed by atoms with Crippen molar-refractivity contribution in [2.24, 2.45) is 11.7 Å². The number of rotatable bonds is 2. The molecule has 1 aliphatic carbocycles. The van der Waals surface area contributed by atoms with E-state index in [-0.39, 0.29) is 0 Å². The van der Waals surface area contributed by atoms with Crippen LogP contribution < -0.4 is 5.73 Å². The van der Waals surface area contributed by atoms with Crippen molar-refractivity contribution in [1.82, 2.24) is 0 Å². The molecule has 1 saturated carbocycles. The van der Waals surface area contributed by atoms with Crippen molar-refractivity contribution < 1.29 is 0 Å². The Labute approximate surface area is 73.6 Å². The van der Waals surface area contributed by atoms with E-state index < -0.39 is 0 Å². The van der Waals surface area contributed by atoms with E-state index in [1.807, 2.05) is 0 Å². The second-order valence-corrected chi connectivity index (χ2v) is 3.92. The first-order chi connectivity index (χ1) is 5.77. The van der Waals surface area contributed by atoms with Crippen LogP contribution in [0.3, 0.4) is 0 Å². The average molecular weight is 161 g/mol. The van der Waals surface area contributed by atoms with E-state index in [0.717, 1.165) is 6.54 Å². The zero-order valence-corrected chi connectivity index (χ0v) is 7.46. The van der Waals surface area contributed by atoms with E-state index in [9.17, 15) is 0 Å². The number of hydrogen-bond acceptors (Lipinski definition) is 1. The Morgan fingerprint density at radius 1 is 1.42 bits per heavy atom. The van der Waals surface area contributed by atoms with Gasteiger partial charge in [0.1, 0.15) is 0 Å².